The van der Waals surface area contributed by atoms with Gasteiger partial charge < -0.3 is 15.0 Å². The van der Waals surface area contributed by atoms with Crippen LogP contribution in [0.2, 0.25) is 0 Å². The molecule has 0 aromatic heterocycles. The smallest absolute Gasteiger partial charge is 0.419 e. The maximum absolute atomic E-state index is 13.1. The predicted molar refractivity (Wildman–Crippen MR) is 95.9 cm³/mol. The summed E-state index contributed by atoms with van der Waals surface area (Å²) < 4.78 is 44.8. The summed E-state index contributed by atoms with van der Waals surface area (Å²) in [4.78, 5) is 38.0. The minimum atomic E-state index is -4.60. The lowest BCUT2D eigenvalue weighted by Gasteiger charge is -2.40. The van der Waals surface area contributed by atoms with Gasteiger partial charge in [-0.1, -0.05) is 12.1 Å². The van der Waals surface area contributed by atoms with Crippen molar-refractivity contribution in [3.8, 4) is 5.75 Å². The summed E-state index contributed by atoms with van der Waals surface area (Å²) in [5, 5.41) is 4.81. The number of hydrogen-bond donors (Lipinski definition) is 2. The highest BCUT2D eigenvalue weighted by molar-refractivity contribution is 6.07. The largest absolute Gasteiger partial charge is 0.480 e. The molecule has 2 heterocycles. The fourth-order valence-corrected chi connectivity index (χ4v) is 3.79. The van der Waals surface area contributed by atoms with Crippen molar-refractivity contribution in [2.45, 2.75) is 44.5 Å². The van der Waals surface area contributed by atoms with Gasteiger partial charge >= 0.3 is 12.2 Å². The van der Waals surface area contributed by atoms with Crippen LogP contribution in [0.3, 0.4) is 0 Å². The minimum Gasteiger partial charge on any atom is -0.480 e. The highest BCUT2D eigenvalue weighted by Crippen LogP contribution is 2.36. The number of amides is 4. The normalized spacial score (nSPS) is 26.0. The van der Waals surface area contributed by atoms with Gasteiger partial charge in [0.05, 0.1) is 5.56 Å². The van der Waals surface area contributed by atoms with E-state index in [0.29, 0.717) is 19.4 Å². The number of carbonyl (C=O) groups excluding carboxylic acids is 3. The summed E-state index contributed by atoms with van der Waals surface area (Å²) in [6.07, 6.45) is -4.52. The fourth-order valence-electron chi connectivity index (χ4n) is 3.79. The zero-order chi connectivity index (χ0) is 21.4. The minimum absolute atomic E-state index is 0.192. The van der Waals surface area contributed by atoms with Gasteiger partial charge in [-0.05, 0) is 38.8 Å². The number of urea groups is 1. The number of rotatable bonds is 4. The number of likely N-dealkylation sites (tertiary alicyclic amines) is 1. The second-order valence-electron chi connectivity index (χ2n) is 7.49. The Labute approximate surface area is 165 Å². The molecule has 0 bridgehead atoms. The first kappa shape index (κ1) is 20.9. The third kappa shape index (κ3) is 4.15. The molecule has 158 valence electrons. The molecule has 0 aliphatic carbocycles. The molecule has 2 saturated heterocycles. The second-order valence-corrected chi connectivity index (χ2v) is 7.49. The molecular weight excluding hydrogens is 391 g/mol. The van der Waals surface area contributed by atoms with Crippen LogP contribution >= 0.6 is 0 Å². The average molecular weight is 413 g/mol. The monoisotopic (exact) mass is 413 g/mol. The molecule has 4 amide bonds. The van der Waals surface area contributed by atoms with Crippen molar-refractivity contribution in [3.63, 3.8) is 0 Å². The Kier molecular flexibility index (Phi) is 5.46. The molecule has 3 rings (SSSR count). The van der Waals surface area contributed by atoms with Crippen molar-refractivity contribution >= 4 is 17.8 Å². The third-order valence-corrected chi connectivity index (χ3v) is 5.47. The molecule has 2 N–H and O–H groups in total. The zero-order valence-corrected chi connectivity index (χ0v) is 16.0. The van der Waals surface area contributed by atoms with Gasteiger partial charge in [-0.2, -0.15) is 13.2 Å². The van der Waals surface area contributed by atoms with E-state index in [1.54, 1.807) is 6.92 Å². The number of alkyl halides is 3. The maximum atomic E-state index is 13.1. The number of imide groups is 1. The van der Waals surface area contributed by atoms with Crippen LogP contribution in [0.15, 0.2) is 24.3 Å². The zero-order valence-electron chi connectivity index (χ0n) is 16.0. The van der Waals surface area contributed by atoms with Gasteiger partial charge in [-0.3, -0.25) is 14.9 Å². The second kappa shape index (κ2) is 7.57. The van der Waals surface area contributed by atoms with E-state index < -0.39 is 47.0 Å². The lowest BCUT2D eigenvalue weighted by Crippen LogP contribution is -2.57. The highest BCUT2D eigenvalue weighted by atomic mass is 19.4. The van der Waals surface area contributed by atoms with Crippen LogP contribution in [0.4, 0.5) is 18.0 Å². The molecule has 0 unspecified atom stereocenters. The number of carbonyl (C=O) groups is 3. The Morgan fingerprint density at radius 2 is 2.00 bits per heavy atom. The van der Waals surface area contributed by atoms with Gasteiger partial charge in [0.1, 0.15) is 11.3 Å². The van der Waals surface area contributed by atoms with Gasteiger partial charge in [0.15, 0.2) is 6.10 Å². The van der Waals surface area contributed by atoms with Crippen molar-refractivity contribution in [3.05, 3.63) is 29.8 Å². The number of nitrogens with zero attached hydrogens (tertiary/aromatic N) is 1. The molecule has 10 heteroatoms. The number of benzene rings is 1. The van der Waals surface area contributed by atoms with E-state index in [9.17, 15) is 27.6 Å². The summed E-state index contributed by atoms with van der Waals surface area (Å²) in [7, 11) is 0. The van der Waals surface area contributed by atoms with Gasteiger partial charge in [0.25, 0.3) is 11.8 Å². The number of ether oxygens (including phenoxy) is 1. The van der Waals surface area contributed by atoms with E-state index in [4.69, 9.17) is 4.74 Å². The van der Waals surface area contributed by atoms with E-state index in [-0.39, 0.29) is 12.5 Å². The van der Waals surface area contributed by atoms with Crippen molar-refractivity contribution < 1.29 is 32.3 Å². The number of piperidine rings is 1. The van der Waals surface area contributed by atoms with Crippen LogP contribution in [-0.2, 0) is 15.8 Å². The molecule has 1 aromatic rings. The van der Waals surface area contributed by atoms with Crippen molar-refractivity contribution in [2.75, 3.05) is 13.1 Å². The summed E-state index contributed by atoms with van der Waals surface area (Å²) >= 11 is 0. The van der Waals surface area contributed by atoms with E-state index in [2.05, 4.69) is 10.6 Å². The van der Waals surface area contributed by atoms with E-state index in [1.165, 1.54) is 30.0 Å². The lowest BCUT2D eigenvalue weighted by molar-refractivity contribution is -0.145. The van der Waals surface area contributed by atoms with Gasteiger partial charge in [-0.15, -0.1) is 0 Å². The predicted octanol–water partition coefficient (Wildman–Crippen LogP) is 2.31. The van der Waals surface area contributed by atoms with Gasteiger partial charge in [0, 0.05) is 19.0 Å². The molecule has 7 nitrogen and oxygen atoms in total. The average Bonchev–Trinajstić information content (AvgIpc) is 2.93. The number of nitrogens with one attached hydrogen (secondary N) is 2. The third-order valence-electron chi connectivity index (χ3n) is 5.47. The SMILES string of the molecule is C[C@H](Oc1ccccc1C(F)(F)F)C(=O)N1CCC[C@@H]([C@@]2(C)NC(=O)NC2=O)C1. The van der Waals surface area contributed by atoms with Crippen LogP contribution < -0.4 is 15.4 Å². The van der Waals surface area contributed by atoms with Crippen LogP contribution in [0.1, 0.15) is 32.3 Å². The standard InChI is InChI=1S/C19H22F3N3O4/c1-11(29-14-8-4-3-7-13(14)19(20,21)22)15(26)25-9-5-6-12(10-25)18(2)16(27)23-17(28)24-18/h3-4,7-8,11-12H,5-6,9-10H2,1-2H3,(H2,23,24,27,28)/t11-,12+,18+/m0/s1. The maximum Gasteiger partial charge on any atom is 0.419 e. The van der Waals surface area contributed by atoms with Gasteiger partial charge in [0.2, 0.25) is 0 Å². The molecule has 2 aliphatic heterocycles. The Hall–Kier alpha value is -2.78. The first-order valence-corrected chi connectivity index (χ1v) is 9.27. The van der Waals surface area contributed by atoms with E-state index >= 15 is 0 Å². The Balaban J connectivity index is 1.71. The summed E-state index contributed by atoms with van der Waals surface area (Å²) in [6, 6.07) is 4.14. The molecule has 29 heavy (non-hydrogen) atoms. The molecule has 2 aliphatic rings. The molecule has 1 aromatic carbocycles. The van der Waals surface area contributed by atoms with Crippen LogP contribution in [0, 0.1) is 5.92 Å². The van der Waals surface area contributed by atoms with Crippen LogP contribution in [0.25, 0.3) is 0 Å². The van der Waals surface area contributed by atoms with Crippen molar-refractivity contribution in [1.82, 2.24) is 15.5 Å². The molecule has 0 spiro atoms. The lowest BCUT2D eigenvalue weighted by atomic mass is 9.80. The topological polar surface area (TPSA) is 87.7 Å². The molecule has 0 radical (unpaired) electrons. The van der Waals surface area contributed by atoms with Crippen molar-refractivity contribution in [2.24, 2.45) is 5.92 Å². The molecular formula is C19H22F3N3O4. The summed E-state index contributed by atoms with van der Waals surface area (Å²) in [6.45, 7) is 3.59. The van der Waals surface area contributed by atoms with Crippen LogP contribution in [-0.4, -0.2) is 47.5 Å². The van der Waals surface area contributed by atoms with Crippen molar-refractivity contribution in [1.29, 1.82) is 0 Å². The highest BCUT2D eigenvalue weighted by Gasteiger charge is 2.49. The summed E-state index contributed by atoms with van der Waals surface area (Å²) in [5.41, 5.74) is -2.09. The molecule has 2 fully saturated rings. The van der Waals surface area contributed by atoms with Crippen LogP contribution in [0.5, 0.6) is 5.75 Å². The van der Waals surface area contributed by atoms with E-state index in [0.717, 1.165) is 6.07 Å². The first-order valence-electron chi connectivity index (χ1n) is 9.27. The Morgan fingerprint density at radius 3 is 2.62 bits per heavy atom. The van der Waals surface area contributed by atoms with Gasteiger partial charge in [-0.25, -0.2) is 4.79 Å². The molecule has 0 saturated carbocycles. The number of hydrogen-bond acceptors (Lipinski definition) is 4. The Bertz CT molecular complexity index is 829. The molecule has 3 atom stereocenters. The fraction of sp³-hybridized carbons (Fsp3) is 0.526. The van der Waals surface area contributed by atoms with E-state index in [1.807, 2.05) is 0 Å². The first-order chi connectivity index (χ1) is 13.5. The quantitative estimate of drug-likeness (QED) is 0.742. The Morgan fingerprint density at radius 1 is 1.31 bits per heavy atom. The number of halogens is 3. The summed E-state index contributed by atoms with van der Waals surface area (Å²) in [5.74, 6) is -1.66. The number of para-hydroxylation sites is 1.